The van der Waals surface area contributed by atoms with E-state index in [0.717, 1.165) is 21.9 Å². The number of hydrogen-bond acceptors (Lipinski definition) is 9. The van der Waals surface area contributed by atoms with Gasteiger partial charge in [-0.15, -0.1) is 0 Å². The summed E-state index contributed by atoms with van der Waals surface area (Å²) in [5.41, 5.74) is 6.83. The Morgan fingerprint density at radius 1 is 1.10 bits per heavy atom. The highest BCUT2D eigenvalue weighted by Crippen LogP contribution is 2.38. The van der Waals surface area contributed by atoms with Gasteiger partial charge in [0.2, 0.25) is 0 Å². The molecule has 0 saturated carbocycles. The highest BCUT2D eigenvalue weighted by Gasteiger charge is 2.27. The van der Waals surface area contributed by atoms with Gasteiger partial charge in [-0.05, 0) is 36.8 Å². The summed E-state index contributed by atoms with van der Waals surface area (Å²) in [7, 11) is 0. The van der Waals surface area contributed by atoms with Crippen LogP contribution in [-0.4, -0.2) is 47.1 Å². The molecule has 6 aromatic rings. The molecule has 1 atom stereocenters. The smallest absolute Gasteiger partial charge is 0.273 e. The molecule has 15 heteroatoms. The third-order valence-corrected chi connectivity index (χ3v) is 7.18. The van der Waals surface area contributed by atoms with Crippen LogP contribution < -0.4 is 16.0 Å². The molecule has 0 aliphatic rings. The fourth-order valence-electron chi connectivity index (χ4n) is 4.47. The van der Waals surface area contributed by atoms with Gasteiger partial charge in [0, 0.05) is 6.20 Å². The first kappa shape index (κ1) is 26.3. The van der Waals surface area contributed by atoms with E-state index in [9.17, 15) is 22.4 Å². The van der Waals surface area contributed by atoms with E-state index in [0.29, 0.717) is 16.0 Å². The molecule has 0 aliphatic carbocycles. The fourth-order valence-corrected chi connectivity index (χ4v) is 5.24. The molecule has 0 fully saturated rings. The third kappa shape index (κ3) is 4.73. The van der Waals surface area contributed by atoms with Gasteiger partial charge in [-0.3, -0.25) is 9.20 Å². The Morgan fingerprint density at radius 2 is 1.93 bits per heavy atom. The molecule has 10 nitrogen and oxygen atoms in total. The third-order valence-electron chi connectivity index (χ3n) is 6.26. The van der Waals surface area contributed by atoms with E-state index < -0.39 is 36.3 Å². The summed E-state index contributed by atoms with van der Waals surface area (Å²) in [5, 5.41) is 5.07. The van der Waals surface area contributed by atoms with E-state index in [1.165, 1.54) is 47.5 Å². The van der Waals surface area contributed by atoms with Crippen molar-refractivity contribution in [2.75, 3.05) is 12.3 Å². The molecule has 0 saturated heterocycles. The summed E-state index contributed by atoms with van der Waals surface area (Å²) in [4.78, 5) is 31.2. The lowest BCUT2D eigenvalue weighted by Gasteiger charge is -2.18. The molecule has 41 heavy (non-hydrogen) atoms. The largest absolute Gasteiger partial charge is 0.464 e. The first-order chi connectivity index (χ1) is 19.7. The second-order valence-corrected chi connectivity index (χ2v) is 9.88. The number of ether oxygens (including phenoxy) is 1. The van der Waals surface area contributed by atoms with E-state index in [4.69, 9.17) is 15.6 Å². The van der Waals surface area contributed by atoms with Crippen molar-refractivity contribution in [1.82, 2.24) is 34.1 Å². The van der Waals surface area contributed by atoms with E-state index in [1.807, 2.05) is 0 Å². The highest BCUT2D eigenvalue weighted by atomic mass is 32.1. The predicted molar refractivity (Wildman–Crippen MR) is 143 cm³/mol. The minimum absolute atomic E-state index is 0.0105. The van der Waals surface area contributed by atoms with E-state index in [2.05, 4.69) is 19.9 Å². The van der Waals surface area contributed by atoms with Gasteiger partial charge in [0.25, 0.3) is 17.2 Å². The van der Waals surface area contributed by atoms with Crippen LogP contribution in [0.1, 0.15) is 18.7 Å². The first-order valence-electron chi connectivity index (χ1n) is 12.0. The van der Waals surface area contributed by atoms with Crippen LogP contribution in [0.2, 0.25) is 0 Å². The van der Waals surface area contributed by atoms with Crippen molar-refractivity contribution >= 4 is 33.8 Å². The molecule has 2 N–H and O–H groups in total. The van der Waals surface area contributed by atoms with Crippen LogP contribution in [0.4, 0.5) is 23.4 Å². The molecule has 5 heterocycles. The van der Waals surface area contributed by atoms with E-state index in [-0.39, 0.29) is 39.1 Å². The van der Waals surface area contributed by atoms with Gasteiger partial charge < -0.3 is 10.5 Å². The van der Waals surface area contributed by atoms with Crippen molar-refractivity contribution in [3.8, 4) is 26.9 Å². The zero-order chi connectivity index (χ0) is 28.8. The molecule has 1 aromatic carbocycles. The number of fused-ring (bicyclic) bond motifs is 2. The van der Waals surface area contributed by atoms with Gasteiger partial charge in [0.15, 0.2) is 12.3 Å². The van der Waals surface area contributed by atoms with Gasteiger partial charge in [-0.25, -0.2) is 42.2 Å². The molecule has 208 valence electrons. The van der Waals surface area contributed by atoms with Crippen molar-refractivity contribution in [2.24, 2.45) is 0 Å². The summed E-state index contributed by atoms with van der Waals surface area (Å²) >= 11 is 0.980. The van der Waals surface area contributed by atoms with Gasteiger partial charge in [-0.1, -0.05) is 23.5 Å². The molecule has 6 rings (SSSR count). The number of rotatable bonds is 7. The Kier molecular flexibility index (Phi) is 6.57. The summed E-state index contributed by atoms with van der Waals surface area (Å²) in [6.07, 6.45) is 0.987. The maximum atomic E-state index is 14.3. The predicted octanol–water partition coefficient (Wildman–Crippen LogP) is 4.74. The second kappa shape index (κ2) is 10.2. The maximum absolute atomic E-state index is 14.3. The number of nitrogens with two attached hydrogens (primary N) is 1. The summed E-state index contributed by atoms with van der Waals surface area (Å²) in [6, 6.07) is 7.16. The summed E-state index contributed by atoms with van der Waals surface area (Å²) in [5.74, 6) is -1.13. The molecular weight excluding hydrogens is 564 g/mol. The zero-order valence-electron chi connectivity index (χ0n) is 21.0. The van der Waals surface area contributed by atoms with Crippen LogP contribution in [0.15, 0.2) is 59.9 Å². The van der Waals surface area contributed by atoms with Crippen molar-refractivity contribution in [2.45, 2.75) is 19.4 Å². The number of anilines is 1. The van der Waals surface area contributed by atoms with E-state index in [1.54, 1.807) is 13.0 Å². The number of pyridine rings is 1. The zero-order valence-corrected chi connectivity index (χ0v) is 21.8. The Balaban J connectivity index is 1.56. The van der Waals surface area contributed by atoms with Crippen molar-refractivity contribution < 1.29 is 22.3 Å². The van der Waals surface area contributed by atoms with Crippen LogP contribution in [0, 0.1) is 11.6 Å². The topological polar surface area (TPSA) is 126 Å². The van der Waals surface area contributed by atoms with Gasteiger partial charge >= 0.3 is 0 Å². The monoisotopic (exact) mass is 582 g/mol. The Labute approximate surface area is 231 Å². The molecule has 0 amide bonds. The molecular formula is C26H18F4N8O2S. The average Bonchev–Trinajstić information content (AvgIpc) is 3.57. The number of hydrogen-bond donors (Lipinski definition) is 1. The number of alkyl halides is 2. The molecule has 0 aliphatic heterocycles. The number of aromatic nitrogens is 7. The minimum Gasteiger partial charge on any atom is -0.464 e. The number of nitrogen functional groups attached to an aromatic ring is 1. The van der Waals surface area contributed by atoms with Gasteiger partial charge in [0.1, 0.15) is 35.1 Å². The van der Waals surface area contributed by atoms with E-state index >= 15 is 0 Å². The summed E-state index contributed by atoms with van der Waals surface area (Å²) < 4.78 is 61.1. The standard InChI is InChI=1S/C26H18F4N8O2S/c1-12(21-19(13-3-2-4-14(27)7-13)25(39)37-9-15(28)5-6-18(37)35-21)38-24-20(23(31)33-11-34-24)22(36-38)16-8-32-26(41-16)40-10-17(29)30/h2-9,11-12,17H,10H2,1H3,(H2,31,33,34)/t12-/m1/s1. The average molecular weight is 583 g/mol. The first-order valence-corrected chi connectivity index (χ1v) is 12.9. The number of benzene rings is 1. The van der Waals surface area contributed by atoms with Crippen molar-refractivity contribution in [1.29, 1.82) is 0 Å². The van der Waals surface area contributed by atoms with Crippen LogP contribution in [0.25, 0.3) is 38.4 Å². The Morgan fingerprint density at radius 3 is 2.71 bits per heavy atom. The Bertz CT molecular complexity index is 1990. The molecule has 5 aromatic heterocycles. The minimum atomic E-state index is -2.67. The normalized spacial score (nSPS) is 12.4. The SMILES string of the molecule is C[C@H](c1nc2ccc(F)cn2c(=O)c1-c1cccc(F)c1)n1nc(-c2cnc(OCC(F)F)s2)c2c(N)ncnc21. The second-order valence-electron chi connectivity index (χ2n) is 8.88. The van der Waals surface area contributed by atoms with Gasteiger partial charge in [0.05, 0.1) is 33.8 Å². The number of nitrogens with zero attached hydrogens (tertiary/aromatic N) is 7. The molecule has 0 unspecified atom stereocenters. The maximum Gasteiger partial charge on any atom is 0.273 e. The molecule has 0 spiro atoms. The van der Waals surface area contributed by atoms with Crippen LogP contribution in [-0.2, 0) is 0 Å². The van der Waals surface area contributed by atoms with Crippen molar-refractivity contribution in [3.05, 3.63) is 82.8 Å². The highest BCUT2D eigenvalue weighted by molar-refractivity contribution is 7.16. The summed E-state index contributed by atoms with van der Waals surface area (Å²) in [6.45, 7) is 0.892. The lowest BCUT2D eigenvalue weighted by Crippen LogP contribution is -2.23. The number of thiazole rings is 1. The number of halogens is 4. The molecule has 0 radical (unpaired) electrons. The lowest BCUT2D eigenvalue weighted by atomic mass is 10.0. The van der Waals surface area contributed by atoms with Crippen LogP contribution >= 0.6 is 11.3 Å². The van der Waals surface area contributed by atoms with Crippen LogP contribution in [0.3, 0.4) is 0 Å². The fraction of sp³-hybridized carbons (Fsp3) is 0.154. The van der Waals surface area contributed by atoms with Gasteiger partial charge in [-0.2, -0.15) is 5.10 Å². The van der Waals surface area contributed by atoms with Crippen molar-refractivity contribution in [3.63, 3.8) is 0 Å². The Hall–Kier alpha value is -4.92. The lowest BCUT2D eigenvalue weighted by molar-refractivity contribution is 0.0817. The molecule has 0 bridgehead atoms. The quantitative estimate of drug-likeness (QED) is 0.268. The van der Waals surface area contributed by atoms with Crippen LogP contribution in [0.5, 0.6) is 5.19 Å².